The molecule has 110 valence electrons. The van der Waals surface area contributed by atoms with Crippen LogP contribution in [0.1, 0.15) is 13.3 Å². The highest BCUT2D eigenvalue weighted by atomic mass is 79.9. The maximum atomic E-state index is 13.0. The number of hydrogen-bond acceptors (Lipinski definition) is 3. The molecule has 1 aromatic carbocycles. The summed E-state index contributed by atoms with van der Waals surface area (Å²) in [7, 11) is -3.69. The molecule has 1 unspecified atom stereocenters. The third-order valence-corrected chi connectivity index (χ3v) is 5.91. The van der Waals surface area contributed by atoms with E-state index in [9.17, 15) is 17.6 Å². The molecule has 0 radical (unpaired) electrons. The lowest BCUT2D eigenvalue weighted by Crippen LogP contribution is -2.37. The van der Waals surface area contributed by atoms with Crippen molar-refractivity contribution < 1.29 is 17.6 Å². The van der Waals surface area contributed by atoms with Crippen LogP contribution < -0.4 is 5.32 Å². The lowest BCUT2D eigenvalue weighted by atomic mass is 10.3. The molecule has 5 nitrogen and oxygen atoms in total. The first-order chi connectivity index (χ1) is 9.30. The van der Waals surface area contributed by atoms with Gasteiger partial charge in [0, 0.05) is 30.5 Å². The van der Waals surface area contributed by atoms with E-state index in [1.54, 1.807) is 0 Å². The van der Waals surface area contributed by atoms with E-state index >= 15 is 0 Å². The van der Waals surface area contributed by atoms with Gasteiger partial charge in [0.1, 0.15) is 5.82 Å². The molecule has 0 bridgehead atoms. The Labute approximate surface area is 125 Å². The summed E-state index contributed by atoms with van der Waals surface area (Å²) in [6.07, 6.45) is 0.567. The molecule has 20 heavy (non-hydrogen) atoms. The smallest absolute Gasteiger partial charge is 0.244 e. The van der Waals surface area contributed by atoms with Crippen molar-refractivity contribution >= 4 is 31.9 Å². The van der Waals surface area contributed by atoms with Gasteiger partial charge in [-0.2, -0.15) is 4.31 Å². The minimum absolute atomic E-state index is 0.0300. The van der Waals surface area contributed by atoms with Crippen molar-refractivity contribution in [3.63, 3.8) is 0 Å². The zero-order valence-corrected chi connectivity index (χ0v) is 13.2. The minimum Gasteiger partial charge on any atom is -0.352 e. The van der Waals surface area contributed by atoms with Crippen LogP contribution in [0, 0.1) is 5.82 Å². The van der Waals surface area contributed by atoms with Crippen LogP contribution in [-0.2, 0) is 14.8 Å². The van der Waals surface area contributed by atoms with Crippen LogP contribution in [0.25, 0.3) is 0 Å². The molecule has 0 saturated carbocycles. The maximum absolute atomic E-state index is 13.0. The monoisotopic (exact) mass is 364 g/mol. The number of benzene rings is 1. The van der Waals surface area contributed by atoms with E-state index in [1.165, 1.54) is 17.3 Å². The second-order valence-corrected chi connectivity index (χ2v) is 7.38. The lowest BCUT2D eigenvalue weighted by molar-refractivity contribution is -0.119. The van der Waals surface area contributed by atoms with Gasteiger partial charge in [0.25, 0.3) is 0 Å². The number of nitrogens with zero attached hydrogens (tertiary/aromatic N) is 1. The van der Waals surface area contributed by atoms with E-state index in [-0.39, 0.29) is 27.9 Å². The summed E-state index contributed by atoms with van der Waals surface area (Å²) >= 11 is 3.07. The largest absolute Gasteiger partial charge is 0.352 e. The Morgan fingerprint density at radius 2 is 2.20 bits per heavy atom. The fourth-order valence-electron chi connectivity index (χ4n) is 2.18. The molecular weight excluding hydrogens is 351 g/mol. The standard InChI is InChI=1S/C12H14BrFN2O3S/c1-8(17)15-10-4-5-16(7-10)20(18,19)12-3-2-9(14)6-11(12)13/h2-3,6,10H,4-5,7H2,1H3,(H,15,17). The van der Waals surface area contributed by atoms with Crippen molar-refractivity contribution in [2.24, 2.45) is 0 Å². The fourth-order valence-corrected chi connectivity index (χ4v) is 4.69. The van der Waals surface area contributed by atoms with Gasteiger partial charge in [0.05, 0.1) is 4.90 Å². The van der Waals surface area contributed by atoms with E-state index in [1.807, 2.05) is 0 Å². The number of sulfonamides is 1. The van der Waals surface area contributed by atoms with Gasteiger partial charge in [0.2, 0.25) is 15.9 Å². The molecule has 1 N–H and O–H groups in total. The van der Waals surface area contributed by atoms with Crippen LogP contribution in [0.2, 0.25) is 0 Å². The molecule has 1 aromatic rings. The molecule has 0 aromatic heterocycles. The molecule has 1 amide bonds. The number of halogens is 2. The number of amides is 1. The summed E-state index contributed by atoms with van der Waals surface area (Å²) in [6, 6.07) is 3.29. The number of carbonyl (C=O) groups is 1. The van der Waals surface area contributed by atoms with Gasteiger partial charge in [-0.3, -0.25) is 4.79 Å². The van der Waals surface area contributed by atoms with E-state index < -0.39 is 15.8 Å². The fraction of sp³-hybridized carbons (Fsp3) is 0.417. The minimum atomic E-state index is -3.69. The molecule has 1 saturated heterocycles. The molecule has 0 aliphatic carbocycles. The highest BCUT2D eigenvalue weighted by molar-refractivity contribution is 9.10. The third-order valence-electron chi connectivity index (χ3n) is 3.07. The summed E-state index contributed by atoms with van der Waals surface area (Å²) in [6.45, 7) is 1.95. The van der Waals surface area contributed by atoms with E-state index in [0.29, 0.717) is 13.0 Å². The zero-order chi connectivity index (χ0) is 14.9. The van der Waals surface area contributed by atoms with Crippen molar-refractivity contribution in [1.82, 2.24) is 9.62 Å². The van der Waals surface area contributed by atoms with Crippen molar-refractivity contribution in [3.8, 4) is 0 Å². The van der Waals surface area contributed by atoms with E-state index in [2.05, 4.69) is 21.2 Å². The van der Waals surface area contributed by atoms with Crippen LogP contribution in [0.5, 0.6) is 0 Å². The third kappa shape index (κ3) is 3.18. The van der Waals surface area contributed by atoms with Crippen LogP contribution in [0.3, 0.4) is 0 Å². The summed E-state index contributed by atoms with van der Waals surface area (Å²) in [5.41, 5.74) is 0. The second kappa shape index (κ2) is 5.79. The van der Waals surface area contributed by atoms with Crippen LogP contribution in [0.15, 0.2) is 27.6 Å². The second-order valence-electron chi connectivity index (χ2n) is 4.62. The van der Waals surface area contributed by atoms with Crippen molar-refractivity contribution in [2.45, 2.75) is 24.3 Å². The van der Waals surface area contributed by atoms with Gasteiger partial charge < -0.3 is 5.32 Å². The predicted octanol–water partition coefficient (Wildman–Crippen LogP) is 1.49. The highest BCUT2D eigenvalue weighted by Gasteiger charge is 2.33. The Bertz CT molecular complexity index is 636. The maximum Gasteiger partial charge on any atom is 0.244 e. The first-order valence-electron chi connectivity index (χ1n) is 6.03. The average molecular weight is 365 g/mol. The van der Waals surface area contributed by atoms with Gasteiger partial charge >= 0.3 is 0 Å². The van der Waals surface area contributed by atoms with E-state index in [0.717, 1.165) is 12.1 Å². The molecular formula is C12H14BrFN2O3S. The first kappa shape index (κ1) is 15.4. The number of rotatable bonds is 3. The van der Waals surface area contributed by atoms with Gasteiger partial charge in [-0.25, -0.2) is 12.8 Å². The van der Waals surface area contributed by atoms with Crippen LogP contribution in [-0.4, -0.2) is 37.8 Å². The SMILES string of the molecule is CC(=O)NC1CCN(S(=O)(=O)c2ccc(F)cc2Br)C1. The number of hydrogen-bond donors (Lipinski definition) is 1. The zero-order valence-electron chi connectivity index (χ0n) is 10.8. The Morgan fingerprint density at radius 1 is 1.50 bits per heavy atom. The van der Waals surface area contributed by atoms with Gasteiger partial charge in [0.15, 0.2) is 0 Å². The van der Waals surface area contributed by atoms with E-state index in [4.69, 9.17) is 0 Å². The Morgan fingerprint density at radius 3 is 2.80 bits per heavy atom. The van der Waals surface area contributed by atoms with Crippen LogP contribution >= 0.6 is 15.9 Å². The summed E-state index contributed by atoms with van der Waals surface area (Å²) in [5.74, 6) is -0.689. The highest BCUT2D eigenvalue weighted by Crippen LogP contribution is 2.28. The summed E-state index contributed by atoms with van der Waals surface area (Å²) < 4.78 is 39.4. The molecule has 1 atom stereocenters. The predicted molar refractivity (Wildman–Crippen MR) is 75.1 cm³/mol. The molecule has 1 aliphatic heterocycles. The summed E-state index contributed by atoms with van der Waals surface area (Å²) in [5, 5.41) is 2.70. The molecule has 8 heteroatoms. The van der Waals surface area contributed by atoms with Gasteiger partial charge in [-0.1, -0.05) is 0 Å². The molecule has 1 aliphatic rings. The normalized spacial score (nSPS) is 20.1. The van der Waals surface area contributed by atoms with Crippen molar-refractivity contribution in [1.29, 1.82) is 0 Å². The molecule has 1 fully saturated rings. The Balaban J connectivity index is 2.21. The molecule has 1 heterocycles. The van der Waals surface area contributed by atoms with Crippen molar-refractivity contribution in [3.05, 3.63) is 28.5 Å². The van der Waals surface area contributed by atoms with Gasteiger partial charge in [-0.05, 0) is 40.5 Å². The topological polar surface area (TPSA) is 66.5 Å². The van der Waals surface area contributed by atoms with Gasteiger partial charge in [-0.15, -0.1) is 0 Å². The first-order valence-corrected chi connectivity index (χ1v) is 8.26. The average Bonchev–Trinajstić information content (AvgIpc) is 2.76. The van der Waals surface area contributed by atoms with Crippen molar-refractivity contribution in [2.75, 3.05) is 13.1 Å². The molecule has 2 rings (SSSR count). The summed E-state index contributed by atoms with van der Waals surface area (Å²) in [4.78, 5) is 11.0. The molecule has 0 spiro atoms. The quantitative estimate of drug-likeness (QED) is 0.883. The number of carbonyl (C=O) groups excluding carboxylic acids is 1. The van der Waals surface area contributed by atoms with Crippen LogP contribution in [0.4, 0.5) is 4.39 Å². The Kier molecular flexibility index (Phi) is 4.46. The Hall–Kier alpha value is -0.990. The number of nitrogens with one attached hydrogen (secondary N) is 1. The lowest BCUT2D eigenvalue weighted by Gasteiger charge is -2.17.